The second kappa shape index (κ2) is 19.3. The lowest BCUT2D eigenvalue weighted by molar-refractivity contribution is 0.463. The third-order valence-electron chi connectivity index (χ3n) is 5.30. The van der Waals surface area contributed by atoms with Crippen molar-refractivity contribution in [2.45, 2.75) is 124 Å². The van der Waals surface area contributed by atoms with Gasteiger partial charge in [-0.1, -0.05) is 108 Å². The predicted molar refractivity (Wildman–Crippen MR) is 131 cm³/mol. The lowest BCUT2D eigenvalue weighted by Crippen LogP contribution is -2.49. The predicted octanol–water partition coefficient (Wildman–Crippen LogP) is 5.26. The molecule has 0 saturated heterocycles. The van der Waals surface area contributed by atoms with Gasteiger partial charge in [0.25, 0.3) is 20.4 Å². The highest BCUT2D eigenvalue weighted by Crippen LogP contribution is 2.14. The molecule has 0 aliphatic rings. The molecule has 188 valence electrons. The fourth-order valence-electron chi connectivity index (χ4n) is 3.41. The standard InChI is InChI=1S/C22H49N3O4S2/c1-4-7-8-9-10-11-12-13-14-15-16-17-18-19-22-25(30(26,27)23-20-5-2)31(28,29)24-21-6-3/h23-24H,4-22H2,1-3H3. The Kier molecular flexibility index (Phi) is 19.1. The van der Waals surface area contributed by atoms with E-state index in [2.05, 4.69) is 16.4 Å². The van der Waals surface area contributed by atoms with Crippen molar-refractivity contribution < 1.29 is 16.8 Å². The van der Waals surface area contributed by atoms with Crippen LogP contribution in [0, 0.1) is 0 Å². The molecule has 0 saturated carbocycles. The average molecular weight is 484 g/mol. The summed E-state index contributed by atoms with van der Waals surface area (Å²) in [6.45, 7) is 6.35. The van der Waals surface area contributed by atoms with Crippen LogP contribution >= 0.6 is 0 Å². The Bertz CT molecular complexity index is 572. The zero-order valence-electron chi connectivity index (χ0n) is 20.3. The second-order valence-corrected chi connectivity index (χ2v) is 12.0. The highest BCUT2D eigenvalue weighted by molar-refractivity contribution is 8.02. The summed E-state index contributed by atoms with van der Waals surface area (Å²) < 4.78 is 55.2. The number of nitrogens with one attached hydrogen (secondary N) is 2. The van der Waals surface area contributed by atoms with Gasteiger partial charge in [0.15, 0.2) is 0 Å². The molecule has 0 unspecified atom stereocenters. The van der Waals surface area contributed by atoms with Crippen LogP contribution in [0.2, 0.25) is 0 Å². The van der Waals surface area contributed by atoms with Crippen molar-refractivity contribution in [2.75, 3.05) is 19.6 Å². The van der Waals surface area contributed by atoms with Gasteiger partial charge in [-0.05, 0) is 19.3 Å². The zero-order chi connectivity index (χ0) is 23.4. The Labute approximate surface area is 193 Å². The van der Waals surface area contributed by atoms with Crippen molar-refractivity contribution >= 4 is 20.4 Å². The summed E-state index contributed by atoms with van der Waals surface area (Å²) in [5.41, 5.74) is 0. The Balaban J connectivity index is 4.10. The average Bonchev–Trinajstić information content (AvgIpc) is 2.73. The van der Waals surface area contributed by atoms with Crippen molar-refractivity contribution in [3.8, 4) is 0 Å². The highest BCUT2D eigenvalue weighted by Gasteiger charge is 2.32. The third-order valence-corrected chi connectivity index (χ3v) is 9.05. The zero-order valence-corrected chi connectivity index (χ0v) is 22.0. The van der Waals surface area contributed by atoms with Gasteiger partial charge in [-0.25, -0.2) is 9.44 Å². The first-order valence-electron chi connectivity index (χ1n) is 12.6. The van der Waals surface area contributed by atoms with Crippen molar-refractivity contribution in [2.24, 2.45) is 0 Å². The Hall–Kier alpha value is -0.220. The van der Waals surface area contributed by atoms with E-state index in [1.54, 1.807) is 0 Å². The molecule has 0 aromatic heterocycles. The number of hydrogen-bond donors (Lipinski definition) is 2. The van der Waals surface area contributed by atoms with Gasteiger partial charge in [0.2, 0.25) is 0 Å². The van der Waals surface area contributed by atoms with Gasteiger partial charge in [0.05, 0.1) is 0 Å². The maximum absolute atomic E-state index is 12.5. The highest BCUT2D eigenvalue weighted by atomic mass is 32.3. The molecule has 31 heavy (non-hydrogen) atoms. The van der Waals surface area contributed by atoms with Gasteiger partial charge in [-0.3, -0.25) is 0 Å². The molecule has 9 heteroatoms. The van der Waals surface area contributed by atoms with E-state index in [9.17, 15) is 16.8 Å². The van der Waals surface area contributed by atoms with Gasteiger partial charge >= 0.3 is 0 Å². The SMILES string of the molecule is CCCCCCCCCCCCCCCCN(S(=O)(=O)NCCC)S(=O)(=O)NCCC. The van der Waals surface area contributed by atoms with E-state index in [1.165, 1.54) is 64.2 Å². The molecule has 2 N–H and O–H groups in total. The maximum atomic E-state index is 12.5. The van der Waals surface area contributed by atoms with Crippen LogP contribution < -0.4 is 9.44 Å². The minimum Gasteiger partial charge on any atom is -0.201 e. The van der Waals surface area contributed by atoms with Crippen LogP contribution in [0.5, 0.6) is 0 Å². The van der Waals surface area contributed by atoms with Crippen LogP contribution in [0.3, 0.4) is 0 Å². The van der Waals surface area contributed by atoms with Crippen LogP contribution in [-0.2, 0) is 20.4 Å². The van der Waals surface area contributed by atoms with Crippen LogP contribution in [0.15, 0.2) is 0 Å². The first-order chi connectivity index (χ1) is 14.8. The molecule has 0 aliphatic carbocycles. The van der Waals surface area contributed by atoms with Gasteiger partial charge in [0, 0.05) is 19.6 Å². The molecule has 0 heterocycles. The van der Waals surface area contributed by atoms with Gasteiger partial charge in [-0.15, -0.1) is 0 Å². The molecule has 7 nitrogen and oxygen atoms in total. The molecular formula is C22H49N3O4S2. The molecule has 0 rings (SSSR count). The molecule has 0 spiro atoms. The molecule has 0 atom stereocenters. The largest absolute Gasteiger partial charge is 0.293 e. The molecule has 0 fully saturated rings. The Morgan fingerprint density at radius 1 is 0.484 bits per heavy atom. The molecular weight excluding hydrogens is 434 g/mol. The lowest BCUT2D eigenvalue weighted by Gasteiger charge is -2.22. The van der Waals surface area contributed by atoms with E-state index in [0.29, 0.717) is 23.0 Å². The van der Waals surface area contributed by atoms with E-state index in [-0.39, 0.29) is 19.6 Å². The normalized spacial score (nSPS) is 12.6. The quantitative estimate of drug-likeness (QED) is 0.194. The van der Waals surface area contributed by atoms with Crippen molar-refractivity contribution in [1.82, 2.24) is 13.2 Å². The fourth-order valence-corrected chi connectivity index (χ4v) is 6.71. The first-order valence-corrected chi connectivity index (χ1v) is 15.5. The van der Waals surface area contributed by atoms with Crippen molar-refractivity contribution in [3.63, 3.8) is 0 Å². The summed E-state index contributed by atoms with van der Waals surface area (Å²) in [4.78, 5) is 0. The van der Waals surface area contributed by atoms with Gasteiger partial charge in [-0.2, -0.15) is 16.8 Å². The van der Waals surface area contributed by atoms with Crippen molar-refractivity contribution in [3.05, 3.63) is 0 Å². The summed E-state index contributed by atoms with van der Waals surface area (Å²) >= 11 is 0. The maximum Gasteiger partial charge on any atom is 0.293 e. The van der Waals surface area contributed by atoms with Gasteiger partial charge in [0.1, 0.15) is 0 Å². The van der Waals surface area contributed by atoms with Crippen LogP contribution in [0.25, 0.3) is 0 Å². The second-order valence-electron chi connectivity index (χ2n) is 8.39. The summed E-state index contributed by atoms with van der Waals surface area (Å²) in [5.74, 6) is 0. The molecule has 0 aromatic carbocycles. The number of unbranched alkanes of at least 4 members (excludes halogenated alkanes) is 13. The summed E-state index contributed by atoms with van der Waals surface area (Å²) in [6, 6.07) is 0. The Morgan fingerprint density at radius 2 is 0.806 bits per heavy atom. The topological polar surface area (TPSA) is 95.6 Å². The molecule has 0 aliphatic heterocycles. The number of nitrogens with zero attached hydrogens (tertiary/aromatic N) is 1. The number of rotatable bonds is 23. The van der Waals surface area contributed by atoms with E-state index in [1.807, 2.05) is 13.8 Å². The minimum absolute atomic E-state index is 0.0177. The molecule has 0 bridgehead atoms. The smallest absolute Gasteiger partial charge is 0.201 e. The van der Waals surface area contributed by atoms with E-state index >= 15 is 0 Å². The molecule has 0 aromatic rings. The molecule has 0 radical (unpaired) electrons. The van der Waals surface area contributed by atoms with E-state index in [4.69, 9.17) is 0 Å². The van der Waals surface area contributed by atoms with Gasteiger partial charge < -0.3 is 0 Å². The first kappa shape index (κ1) is 30.8. The van der Waals surface area contributed by atoms with Crippen LogP contribution in [0.4, 0.5) is 0 Å². The minimum atomic E-state index is -4.06. The van der Waals surface area contributed by atoms with E-state index in [0.717, 1.165) is 19.3 Å². The monoisotopic (exact) mass is 483 g/mol. The fraction of sp³-hybridized carbons (Fsp3) is 1.00. The van der Waals surface area contributed by atoms with Crippen molar-refractivity contribution in [1.29, 1.82) is 0 Å². The lowest BCUT2D eigenvalue weighted by atomic mass is 10.0. The molecule has 0 amide bonds. The number of hydrogen-bond acceptors (Lipinski definition) is 4. The third kappa shape index (κ3) is 16.1. The summed E-state index contributed by atoms with van der Waals surface area (Å²) in [7, 11) is -8.12. The van der Waals surface area contributed by atoms with E-state index < -0.39 is 20.4 Å². The summed E-state index contributed by atoms with van der Waals surface area (Å²) in [5, 5.41) is 0. The Morgan fingerprint density at radius 3 is 1.13 bits per heavy atom. The van der Waals surface area contributed by atoms with Crippen LogP contribution in [-0.4, -0.2) is 40.2 Å². The summed E-state index contributed by atoms with van der Waals surface area (Å²) in [6.07, 6.45) is 17.9. The van der Waals surface area contributed by atoms with Crippen LogP contribution in [0.1, 0.15) is 124 Å².